The van der Waals surface area contributed by atoms with Gasteiger partial charge < -0.3 is 4.74 Å². The van der Waals surface area contributed by atoms with Crippen LogP contribution in [0, 0.1) is 11.3 Å². The van der Waals surface area contributed by atoms with Crippen molar-refractivity contribution in [2.45, 2.75) is 13.5 Å². The molecule has 0 fully saturated rings. The maximum absolute atomic E-state index is 11.5. The van der Waals surface area contributed by atoms with Crippen molar-refractivity contribution in [3.8, 4) is 6.07 Å². The molecule has 2 rings (SSSR count). The number of nitriles is 1. The number of carbonyl (C=O) groups is 1. The van der Waals surface area contributed by atoms with Crippen LogP contribution in [-0.4, -0.2) is 22.4 Å². The summed E-state index contributed by atoms with van der Waals surface area (Å²) in [6.07, 6.45) is 1.68. The molecule has 6 heteroatoms. The first-order valence-corrected chi connectivity index (χ1v) is 6.41. The van der Waals surface area contributed by atoms with Gasteiger partial charge in [0.2, 0.25) is 0 Å². The zero-order valence-corrected chi connectivity index (χ0v) is 11.6. The van der Waals surface area contributed by atoms with Crippen LogP contribution in [0.15, 0.2) is 30.5 Å². The summed E-state index contributed by atoms with van der Waals surface area (Å²) in [5.74, 6) is -0.447. The average Bonchev–Trinajstić information content (AvgIpc) is 2.90. The highest BCUT2D eigenvalue weighted by atomic mass is 35.5. The molecule has 2 aromatic rings. The molecule has 1 heterocycles. The molecule has 0 spiro atoms. The standard InChI is InChI=1S/C14H12ClN3O2/c1-2-20-14(19)13-5-6-18(17-13)9-11-4-3-10(8-16)7-12(11)15/h3-7H,2,9H2,1H3. The Hall–Kier alpha value is -2.32. The molecule has 1 aromatic heterocycles. The average molecular weight is 290 g/mol. The fraction of sp³-hybridized carbons (Fsp3) is 0.214. The molecule has 0 N–H and O–H groups in total. The Morgan fingerprint density at radius 1 is 1.50 bits per heavy atom. The second kappa shape index (κ2) is 6.22. The Bertz CT molecular complexity index is 673. The molecule has 0 radical (unpaired) electrons. The Morgan fingerprint density at radius 2 is 2.30 bits per heavy atom. The molecule has 20 heavy (non-hydrogen) atoms. The molecular weight excluding hydrogens is 278 g/mol. The maximum Gasteiger partial charge on any atom is 0.358 e. The number of benzene rings is 1. The number of esters is 1. The number of ether oxygens (including phenoxy) is 1. The summed E-state index contributed by atoms with van der Waals surface area (Å²) in [5, 5.41) is 13.4. The van der Waals surface area contributed by atoms with Crippen molar-refractivity contribution in [1.82, 2.24) is 9.78 Å². The van der Waals surface area contributed by atoms with Crippen molar-refractivity contribution < 1.29 is 9.53 Å². The minimum atomic E-state index is -0.447. The summed E-state index contributed by atoms with van der Waals surface area (Å²) >= 11 is 6.09. The van der Waals surface area contributed by atoms with Gasteiger partial charge >= 0.3 is 5.97 Å². The van der Waals surface area contributed by atoms with Crippen molar-refractivity contribution in [1.29, 1.82) is 5.26 Å². The monoisotopic (exact) mass is 289 g/mol. The van der Waals surface area contributed by atoms with E-state index in [1.165, 1.54) is 0 Å². The van der Waals surface area contributed by atoms with Crippen LogP contribution < -0.4 is 0 Å². The fourth-order valence-corrected chi connectivity index (χ4v) is 1.92. The first kappa shape index (κ1) is 14.1. The van der Waals surface area contributed by atoms with Gasteiger partial charge in [-0.1, -0.05) is 17.7 Å². The molecule has 0 amide bonds. The lowest BCUT2D eigenvalue weighted by atomic mass is 10.1. The normalized spacial score (nSPS) is 10.1. The molecule has 102 valence electrons. The highest BCUT2D eigenvalue weighted by Crippen LogP contribution is 2.18. The summed E-state index contributed by atoms with van der Waals surface area (Å²) < 4.78 is 6.47. The number of rotatable bonds is 4. The third-order valence-electron chi connectivity index (χ3n) is 2.64. The number of hydrogen-bond acceptors (Lipinski definition) is 4. The van der Waals surface area contributed by atoms with E-state index in [0.717, 1.165) is 5.56 Å². The van der Waals surface area contributed by atoms with Gasteiger partial charge in [0.05, 0.1) is 24.8 Å². The molecule has 0 unspecified atom stereocenters. The van der Waals surface area contributed by atoms with Crippen molar-refractivity contribution in [3.05, 3.63) is 52.3 Å². The number of aromatic nitrogens is 2. The van der Waals surface area contributed by atoms with Crippen molar-refractivity contribution >= 4 is 17.6 Å². The zero-order chi connectivity index (χ0) is 14.5. The second-order valence-electron chi connectivity index (χ2n) is 4.04. The number of halogens is 1. The molecule has 0 saturated heterocycles. The fourth-order valence-electron chi connectivity index (χ4n) is 1.68. The van der Waals surface area contributed by atoms with Crippen LogP contribution in [-0.2, 0) is 11.3 Å². The van der Waals surface area contributed by atoms with E-state index in [4.69, 9.17) is 21.6 Å². The van der Waals surface area contributed by atoms with Gasteiger partial charge in [-0.05, 0) is 30.7 Å². The Kier molecular flexibility index (Phi) is 4.38. The summed E-state index contributed by atoms with van der Waals surface area (Å²) in [4.78, 5) is 11.5. The Morgan fingerprint density at radius 3 is 2.95 bits per heavy atom. The third-order valence-corrected chi connectivity index (χ3v) is 2.99. The molecule has 0 aliphatic rings. The van der Waals surface area contributed by atoms with Gasteiger partial charge in [-0.15, -0.1) is 0 Å². The summed E-state index contributed by atoms with van der Waals surface area (Å²) in [6, 6.07) is 8.68. The minimum Gasteiger partial charge on any atom is -0.461 e. The first-order chi connectivity index (χ1) is 9.63. The van der Waals surface area contributed by atoms with Gasteiger partial charge in [-0.2, -0.15) is 10.4 Å². The topological polar surface area (TPSA) is 67.9 Å². The van der Waals surface area contributed by atoms with Crippen LogP contribution in [0.25, 0.3) is 0 Å². The van der Waals surface area contributed by atoms with Gasteiger partial charge in [0.15, 0.2) is 5.69 Å². The summed E-state index contributed by atoms with van der Waals surface area (Å²) in [5.41, 5.74) is 1.59. The molecule has 0 aliphatic carbocycles. The Balaban J connectivity index is 2.15. The van der Waals surface area contributed by atoms with E-state index in [2.05, 4.69) is 5.10 Å². The molecule has 5 nitrogen and oxygen atoms in total. The molecular formula is C14H12ClN3O2. The number of nitrogens with zero attached hydrogens (tertiary/aromatic N) is 3. The smallest absolute Gasteiger partial charge is 0.358 e. The first-order valence-electron chi connectivity index (χ1n) is 6.03. The predicted molar refractivity (Wildman–Crippen MR) is 73.5 cm³/mol. The number of carbonyl (C=O) groups excluding carboxylic acids is 1. The van der Waals surface area contributed by atoms with E-state index in [0.29, 0.717) is 23.7 Å². The SMILES string of the molecule is CCOC(=O)c1ccn(Cc2ccc(C#N)cc2Cl)n1. The van der Waals surface area contributed by atoms with E-state index in [-0.39, 0.29) is 5.69 Å². The molecule has 0 atom stereocenters. The quantitative estimate of drug-likeness (QED) is 0.812. The van der Waals surface area contributed by atoms with Gasteiger partial charge in [0.25, 0.3) is 0 Å². The van der Waals surface area contributed by atoms with Crippen LogP contribution in [0.1, 0.15) is 28.5 Å². The number of hydrogen-bond donors (Lipinski definition) is 0. The summed E-state index contributed by atoms with van der Waals surface area (Å²) in [6.45, 7) is 2.47. The second-order valence-corrected chi connectivity index (χ2v) is 4.44. The van der Waals surface area contributed by atoms with E-state index in [1.807, 2.05) is 6.07 Å². The zero-order valence-electron chi connectivity index (χ0n) is 10.8. The molecule has 0 saturated carbocycles. The van der Waals surface area contributed by atoms with Gasteiger partial charge in [-0.3, -0.25) is 4.68 Å². The van der Waals surface area contributed by atoms with Crippen molar-refractivity contribution in [3.63, 3.8) is 0 Å². The highest BCUT2D eigenvalue weighted by molar-refractivity contribution is 6.31. The molecule has 0 bridgehead atoms. The lowest BCUT2D eigenvalue weighted by Gasteiger charge is -2.05. The lowest BCUT2D eigenvalue weighted by Crippen LogP contribution is -2.08. The van der Waals surface area contributed by atoms with Crippen LogP contribution in [0.4, 0.5) is 0 Å². The maximum atomic E-state index is 11.5. The van der Waals surface area contributed by atoms with Gasteiger partial charge in [0.1, 0.15) is 0 Å². The minimum absolute atomic E-state index is 0.261. The van der Waals surface area contributed by atoms with E-state index < -0.39 is 5.97 Å². The summed E-state index contributed by atoms with van der Waals surface area (Å²) in [7, 11) is 0. The van der Waals surface area contributed by atoms with Crippen LogP contribution in [0.3, 0.4) is 0 Å². The van der Waals surface area contributed by atoms with Crippen LogP contribution >= 0.6 is 11.6 Å². The predicted octanol–water partition coefficient (Wildman–Crippen LogP) is 2.63. The molecule has 0 aliphatic heterocycles. The molecule has 1 aromatic carbocycles. The van der Waals surface area contributed by atoms with Crippen molar-refractivity contribution in [2.24, 2.45) is 0 Å². The highest BCUT2D eigenvalue weighted by Gasteiger charge is 2.11. The van der Waals surface area contributed by atoms with Crippen molar-refractivity contribution in [2.75, 3.05) is 6.61 Å². The van der Waals surface area contributed by atoms with E-state index >= 15 is 0 Å². The van der Waals surface area contributed by atoms with Gasteiger partial charge in [0, 0.05) is 11.2 Å². The van der Waals surface area contributed by atoms with E-state index in [1.54, 1.807) is 42.1 Å². The van der Waals surface area contributed by atoms with E-state index in [9.17, 15) is 4.79 Å². The lowest BCUT2D eigenvalue weighted by molar-refractivity contribution is 0.0518. The van der Waals surface area contributed by atoms with Crippen LogP contribution in [0.2, 0.25) is 5.02 Å². The van der Waals surface area contributed by atoms with Crippen LogP contribution in [0.5, 0.6) is 0 Å². The Labute approximate surface area is 121 Å². The third kappa shape index (κ3) is 3.16. The largest absolute Gasteiger partial charge is 0.461 e. The van der Waals surface area contributed by atoms with Gasteiger partial charge in [-0.25, -0.2) is 4.79 Å².